The van der Waals surface area contributed by atoms with Crippen LogP contribution in [0.25, 0.3) is 0 Å². The van der Waals surface area contributed by atoms with Gasteiger partial charge in [-0.25, -0.2) is 0 Å². The summed E-state index contributed by atoms with van der Waals surface area (Å²) in [4.78, 5) is 22.5. The van der Waals surface area contributed by atoms with E-state index in [2.05, 4.69) is 5.32 Å². The van der Waals surface area contributed by atoms with Gasteiger partial charge >= 0.3 is 0 Å². The summed E-state index contributed by atoms with van der Waals surface area (Å²) in [5.74, 6) is -0.356. The highest BCUT2D eigenvalue weighted by Crippen LogP contribution is 2.19. The Morgan fingerprint density at radius 2 is 1.84 bits per heavy atom. The van der Waals surface area contributed by atoms with Gasteiger partial charge in [0.05, 0.1) is 0 Å². The van der Waals surface area contributed by atoms with Crippen LogP contribution in [-0.2, 0) is 4.79 Å². The largest absolute Gasteiger partial charge is 0.378 e. The summed E-state index contributed by atoms with van der Waals surface area (Å²) in [6.07, 6.45) is 5.04. The first-order valence-corrected chi connectivity index (χ1v) is 6.74. The molecule has 1 saturated carbocycles. The summed E-state index contributed by atoms with van der Waals surface area (Å²) in [5.41, 5.74) is 1.04. The molecule has 0 saturated heterocycles. The molecule has 0 aliphatic heterocycles. The summed E-state index contributed by atoms with van der Waals surface area (Å²) in [7, 11) is 0. The lowest BCUT2D eigenvalue weighted by Crippen LogP contribution is -2.39. The first kappa shape index (κ1) is 13.7. The zero-order valence-electron chi connectivity index (χ0n) is 10.8. The van der Waals surface area contributed by atoms with E-state index in [0.717, 1.165) is 32.0 Å². The Kier molecular flexibility index (Phi) is 4.68. The smallest absolute Gasteiger partial charge is 0.253 e. The van der Waals surface area contributed by atoms with Gasteiger partial charge in [-0.1, -0.05) is 43.5 Å². The molecule has 1 amide bonds. The standard InChI is InChI=1S/C15H19NO3/c17-10-11-6-8-12(9-7-11)14(18)15(19)16-13-4-2-1-3-5-13/h6-10,13-14,18H,1-5H2,(H,16,19). The number of hydrogen-bond donors (Lipinski definition) is 2. The topological polar surface area (TPSA) is 66.4 Å². The number of rotatable bonds is 4. The van der Waals surface area contributed by atoms with Crippen LogP contribution in [0.1, 0.15) is 54.1 Å². The Hall–Kier alpha value is -1.68. The Morgan fingerprint density at radius 1 is 1.21 bits per heavy atom. The van der Waals surface area contributed by atoms with E-state index in [1.807, 2.05) is 0 Å². The van der Waals surface area contributed by atoms with Gasteiger partial charge in [0.2, 0.25) is 0 Å². The van der Waals surface area contributed by atoms with Crippen molar-refractivity contribution in [3.05, 3.63) is 35.4 Å². The Bertz CT molecular complexity index is 435. The maximum Gasteiger partial charge on any atom is 0.253 e. The van der Waals surface area contributed by atoms with E-state index in [1.54, 1.807) is 24.3 Å². The summed E-state index contributed by atoms with van der Waals surface area (Å²) in [6, 6.07) is 6.59. The fraction of sp³-hybridized carbons (Fsp3) is 0.467. The van der Waals surface area contributed by atoms with Crippen molar-refractivity contribution in [2.75, 3.05) is 0 Å². The van der Waals surface area contributed by atoms with E-state index in [4.69, 9.17) is 0 Å². The molecule has 102 valence electrons. The number of hydrogen-bond acceptors (Lipinski definition) is 3. The highest BCUT2D eigenvalue weighted by molar-refractivity contribution is 5.82. The molecule has 1 fully saturated rings. The Labute approximate surface area is 112 Å². The van der Waals surface area contributed by atoms with Gasteiger partial charge in [-0.3, -0.25) is 9.59 Å². The summed E-state index contributed by atoms with van der Waals surface area (Å²) >= 11 is 0. The van der Waals surface area contributed by atoms with Gasteiger partial charge in [0.15, 0.2) is 6.10 Å². The van der Waals surface area contributed by atoms with Gasteiger partial charge in [0, 0.05) is 11.6 Å². The van der Waals surface area contributed by atoms with Crippen LogP contribution in [0.5, 0.6) is 0 Å². The lowest BCUT2D eigenvalue weighted by Gasteiger charge is -2.24. The maximum absolute atomic E-state index is 11.9. The molecule has 1 aromatic carbocycles. The van der Waals surface area contributed by atoms with Gasteiger partial charge in [-0.15, -0.1) is 0 Å². The first-order chi connectivity index (χ1) is 9.20. The average Bonchev–Trinajstić information content (AvgIpc) is 2.47. The molecule has 19 heavy (non-hydrogen) atoms. The van der Waals surface area contributed by atoms with Gasteiger partial charge in [0.1, 0.15) is 6.29 Å². The Morgan fingerprint density at radius 3 is 2.42 bits per heavy atom. The van der Waals surface area contributed by atoms with Crippen molar-refractivity contribution in [1.29, 1.82) is 0 Å². The second-order valence-corrected chi connectivity index (χ2v) is 5.03. The molecule has 1 atom stereocenters. The second kappa shape index (κ2) is 6.48. The van der Waals surface area contributed by atoms with Crippen LogP contribution in [-0.4, -0.2) is 23.3 Å². The minimum Gasteiger partial charge on any atom is -0.378 e. The number of aldehydes is 1. The predicted molar refractivity (Wildman–Crippen MR) is 71.8 cm³/mol. The third kappa shape index (κ3) is 3.64. The van der Waals surface area contributed by atoms with Crippen LogP contribution in [0.15, 0.2) is 24.3 Å². The molecule has 1 aliphatic carbocycles. The number of aliphatic hydroxyl groups is 1. The van der Waals surface area contributed by atoms with Crippen molar-refractivity contribution in [3.63, 3.8) is 0 Å². The number of nitrogens with one attached hydrogen (secondary N) is 1. The number of aliphatic hydroxyl groups excluding tert-OH is 1. The molecule has 4 heteroatoms. The number of carbonyl (C=O) groups is 2. The highest BCUT2D eigenvalue weighted by atomic mass is 16.3. The van der Waals surface area contributed by atoms with E-state index in [-0.39, 0.29) is 11.9 Å². The molecule has 0 bridgehead atoms. The minimum atomic E-state index is -1.16. The fourth-order valence-corrected chi connectivity index (χ4v) is 2.44. The molecular formula is C15H19NO3. The van der Waals surface area contributed by atoms with Crippen LogP contribution < -0.4 is 5.32 Å². The van der Waals surface area contributed by atoms with Crippen molar-refractivity contribution >= 4 is 12.2 Å². The second-order valence-electron chi connectivity index (χ2n) is 5.03. The molecule has 0 radical (unpaired) electrons. The minimum absolute atomic E-state index is 0.185. The van der Waals surface area contributed by atoms with Crippen LogP contribution in [0, 0.1) is 0 Å². The van der Waals surface area contributed by atoms with E-state index in [9.17, 15) is 14.7 Å². The maximum atomic E-state index is 11.9. The van der Waals surface area contributed by atoms with E-state index < -0.39 is 6.10 Å². The zero-order valence-corrected chi connectivity index (χ0v) is 10.8. The van der Waals surface area contributed by atoms with Crippen molar-refractivity contribution in [2.45, 2.75) is 44.2 Å². The normalized spacial score (nSPS) is 17.7. The van der Waals surface area contributed by atoms with Gasteiger partial charge < -0.3 is 10.4 Å². The lowest BCUT2D eigenvalue weighted by atomic mass is 9.95. The number of benzene rings is 1. The average molecular weight is 261 g/mol. The number of amides is 1. The Balaban J connectivity index is 1.95. The van der Waals surface area contributed by atoms with Crippen LogP contribution >= 0.6 is 0 Å². The van der Waals surface area contributed by atoms with Crippen LogP contribution in [0.4, 0.5) is 0 Å². The van der Waals surface area contributed by atoms with Crippen molar-refractivity contribution in [2.24, 2.45) is 0 Å². The molecule has 1 aliphatic rings. The van der Waals surface area contributed by atoms with Crippen molar-refractivity contribution < 1.29 is 14.7 Å². The summed E-state index contributed by atoms with van der Waals surface area (Å²) in [5, 5.41) is 12.9. The molecule has 1 aromatic rings. The molecule has 0 spiro atoms. The third-order valence-electron chi connectivity index (χ3n) is 3.59. The van der Waals surface area contributed by atoms with Crippen molar-refractivity contribution in [1.82, 2.24) is 5.32 Å². The van der Waals surface area contributed by atoms with E-state index in [1.165, 1.54) is 6.42 Å². The zero-order chi connectivity index (χ0) is 13.7. The third-order valence-corrected chi connectivity index (χ3v) is 3.59. The van der Waals surface area contributed by atoms with Gasteiger partial charge in [0.25, 0.3) is 5.91 Å². The molecule has 2 rings (SSSR count). The van der Waals surface area contributed by atoms with E-state index >= 15 is 0 Å². The molecular weight excluding hydrogens is 242 g/mol. The molecule has 4 nitrogen and oxygen atoms in total. The van der Waals surface area contributed by atoms with Crippen LogP contribution in [0.2, 0.25) is 0 Å². The molecule has 0 heterocycles. The molecule has 2 N–H and O–H groups in total. The van der Waals surface area contributed by atoms with Gasteiger partial charge in [-0.05, 0) is 18.4 Å². The highest BCUT2D eigenvalue weighted by Gasteiger charge is 2.21. The lowest BCUT2D eigenvalue weighted by molar-refractivity contribution is -0.130. The SMILES string of the molecule is O=Cc1ccc(C(O)C(=O)NC2CCCCC2)cc1. The number of carbonyl (C=O) groups excluding carboxylic acids is 2. The first-order valence-electron chi connectivity index (χ1n) is 6.74. The summed E-state index contributed by atoms with van der Waals surface area (Å²) < 4.78 is 0. The summed E-state index contributed by atoms with van der Waals surface area (Å²) in [6.45, 7) is 0. The monoisotopic (exact) mass is 261 g/mol. The van der Waals surface area contributed by atoms with Crippen LogP contribution in [0.3, 0.4) is 0 Å². The quantitative estimate of drug-likeness (QED) is 0.814. The van der Waals surface area contributed by atoms with E-state index in [0.29, 0.717) is 11.1 Å². The molecule has 1 unspecified atom stereocenters. The van der Waals surface area contributed by atoms with Crippen molar-refractivity contribution in [3.8, 4) is 0 Å². The predicted octanol–water partition coefficient (Wildman–Crippen LogP) is 1.98. The van der Waals surface area contributed by atoms with Gasteiger partial charge in [-0.2, -0.15) is 0 Å². The molecule has 0 aromatic heterocycles. The fourth-order valence-electron chi connectivity index (χ4n) is 2.44.